The Kier molecular flexibility index (Phi) is 5.96. The lowest BCUT2D eigenvalue weighted by atomic mass is 10.2. The number of nitrogens with one attached hydrogen (secondary N) is 2. The highest BCUT2D eigenvalue weighted by molar-refractivity contribution is 9.10. The number of nitrogens with zero attached hydrogens (tertiary/aromatic N) is 4. The van der Waals surface area contributed by atoms with Crippen LogP contribution in [-0.4, -0.2) is 41.4 Å². The van der Waals surface area contributed by atoms with Crippen LogP contribution < -0.4 is 15.5 Å². The molecule has 0 radical (unpaired) electrons. The molecule has 0 bridgehead atoms. The fraction of sp³-hybridized carbons (Fsp3) is 0.444. The SMILES string of the molecule is CCNC(=NCc1cnn(C)c1)NC1CCN(c2ccccc2Br)C1. The maximum absolute atomic E-state index is 4.69. The first kappa shape index (κ1) is 17.8. The van der Waals surface area contributed by atoms with Gasteiger partial charge >= 0.3 is 0 Å². The number of hydrogen-bond donors (Lipinski definition) is 2. The molecule has 1 aliphatic rings. The molecule has 3 rings (SSSR count). The second-order valence-corrected chi connectivity index (χ2v) is 7.10. The van der Waals surface area contributed by atoms with Crippen molar-refractivity contribution in [3.63, 3.8) is 0 Å². The first-order valence-corrected chi connectivity index (χ1v) is 9.47. The summed E-state index contributed by atoms with van der Waals surface area (Å²) in [5.41, 5.74) is 2.37. The molecule has 6 nitrogen and oxygen atoms in total. The molecule has 1 fully saturated rings. The van der Waals surface area contributed by atoms with Gasteiger partial charge in [-0.1, -0.05) is 12.1 Å². The summed E-state index contributed by atoms with van der Waals surface area (Å²) in [5.74, 6) is 0.866. The number of guanidine groups is 1. The van der Waals surface area contributed by atoms with Crippen LogP contribution in [0.5, 0.6) is 0 Å². The molecule has 0 amide bonds. The van der Waals surface area contributed by atoms with E-state index in [2.05, 4.69) is 66.7 Å². The van der Waals surface area contributed by atoms with Gasteiger partial charge < -0.3 is 15.5 Å². The minimum absolute atomic E-state index is 0.388. The van der Waals surface area contributed by atoms with Crippen LogP contribution in [0.4, 0.5) is 5.69 Å². The van der Waals surface area contributed by atoms with E-state index in [1.165, 1.54) is 5.69 Å². The first-order valence-electron chi connectivity index (χ1n) is 8.67. The molecule has 1 saturated heterocycles. The van der Waals surface area contributed by atoms with Crippen molar-refractivity contribution in [1.82, 2.24) is 20.4 Å². The van der Waals surface area contributed by atoms with Crippen molar-refractivity contribution in [2.45, 2.75) is 25.9 Å². The highest BCUT2D eigenvalue weighted by atomic mass is 79.9. The molecule has 2 aromatic rings. The Morgan fingerprint density at radius 2 is 2.24 bits per heavy atom. The van der Waals surface area contributed by atoms with Crippen LogP contribution in [0.2, 0.25) is 0 Å². The number of benzene rings is 1. The highest BCUT2D eigenvalue weighted by Gasteiger charge is 2.24. The number of para-hydroxylation sites is 1. The largest absolute Gasteiger partial charge is 0.368 e. The van der Waals surface area contributed by atoms with E-state index >= 15 is 0 Å². The lowest BCUT2D eigenvalue weighted by Gasteiger charge is -2.21. The van der Waals surface area contributed by atoms with Crippen LogP contribution in [0.3, 0.4) is 0 Å². The van der Waals surface area contributed by atoms with E-state index in [9.17, 15) is 0 Å². The van der Waals surface area contributed by atoms with Crippen molar-refractivity contribution in [2.75, 3.05) is 24.5 Å². The van der Waals surface area contributed by atoms with E-state index < -0.39 is 0 Å². The van der Waals surface area contributed by atoms with Crippen LogP contribution in [0.1, 0.15) is 18.9 Å². The van der Waals surface area contributed by atoms with Gasteiger partial charge in [0, 0.05) is 49.0 Å². The predicted molar refractivity (Wildman–Crippen MR) is 106 cm³/mol. The molecular weight excluding hydrogens is 380 g/mol. The minimum atomic E-state index is 0.388. The molecule has 1 atom stereocenters. The van der Waals surface area contributed by atoms with Crippen molar-refractivity contribution in [1.29, 1.82) is 0 Å². The summed E-state index contributed by atoms with van der Waals surface area (Å²) in [6.07, 6.45) is 4.95. The van der Waals surface area contributed by atoms with Gasteiger partial charge in [0.25, 0.3) is 0 Å². The number of halogens is 1. The van der Waals surface area contributed by atoms with E-state index in [0.29, 0.717) is 12.6 Å². The number of hydrogen-bond acceptors (Lipinski definition) is 3. The third kappa shape index (κ3) is 4.75. The Labute approximate surface area is 157 Å². The van der Waals surface area contributed by atoms with Gasteiger partial charge in [-0.2, -0.15) is 5.10 Å². The fourth-order valence-electron chi connectivity index (χ4n) is 3.04. The van der Waals surface area contributed by atoms with E-state index in [-0.39, 0.29) is 0 Å². The van der Waals surface area contributed by atoms with Gasteiger partial charge in [0.15, 0.2) is 5.96 Å². The summed E-state index contributed by atoms with van der Waals surface area (Å²) < 4.78 is 2.95. The standard InChI is InChI=1S/C18H25BrN6/c1-3-20-18(21-10-14-11-22-24(2)12-14)23-15-8-9-25(13-15)17-7-5-4-6-16(17)19/h4-7,11-12,15H,3,8-10,13H2,1-2H3,(H2,20,21,23). The van der Waals surface area contributed by atoms with Crippen LogP contribution >= 0.6 is 15.9 Å². The van der Waals surface area contributed by atoms with Crippen LogP contribution in [0.25, 0.3) is 0 Å². The number of rotatable bonds is 5. The molecule has 134 valence electrons. The molecule has 2 heterocycles. The maximum atomic E-state index is 4.69. The van der Waals surface area contributed by atoms with Gasteiger partial charge in [-0.15, -0.1) is 0 Å². The van der Waals surface area contributed by atoms with Crippen LogP contribution in [-0.2, 0) is 13.6 Å². The Morgan fingerprint density at radius 3 is 2.96 bits per heavy atom. The predicted octanol–water partition coefficient (Wildman–Crippen LogP) is 2.52. The summed E-state index contributed by atoms with van der Waals surface area (Å²) >= 11 is 3.65. The molecule has 25 heavy (non-hydrogen) atoms. The molecule has 0 saturated carbocycles. The van der Waals surface area contributed by atoms with E-state index in [1.54, 1.807) is 4.68 Å². The van der Waals surface area contributed by atoms with Gasteiger partial charge in [-0.05, 0) is 41.4 Å². The normalized spacial score (nSPS) is 17.8. The summed E-state index contributed by atoms with van der Waals surface area (Å²) in [6, 6.07) is 8.77. The second-order valence-electron chi connectivity index (χ2n) is 6.24. The summed E-state index contributed by atoms with van der Waals surface area (Å²) in [4.78, 5) is 7.10. The summed E-state index contributed by atoms with van der Waals surface area (Å²) in [7, 11) is 1.92. The van der Waals surface area contributed by atoms with Crippen molar-refractivity contribution < 1.29 is 0 Å². The molecule has 0 spiro atoms. The number of aryl methyl sites for hydroxylation is 1. The van der Waals surface area contributed by atoms with Crippen molar-refractivity contribution >= 4 is 27.6 Å². The van der Waals surface area contributed by atoms with Gasteiger partial charge in [0.1, 0.15) is 0 Å². The third-order valence-electron chi connectivity index (χ3n) is 4.24. The van der Waals surface area contributed by atoms with E-state index in [0.717, 1.165) is 42.1 Å². The van der Waals surface area contributed by atoms with Gasteiger partial charge in [0.2, 0.25) is 0 Å². The Balaban J connectivity index is 1.60. The Hall–Kier alpha value is -2.02. The number of anilines is 1. The topological polar surface area (TPSA) is 57.5 Å². The summed E-state index contributed by atoms with van der Waals surface area (Å²) in [6.45, 7) is 5.58. The van der Waals surface area contributed by atoms with Crippen molar-refractivity contribution in [3.8, 4) is 0 Å². The zero-order valence-electron chi connectivity index (χ0n) is 14.7. The average molecular weight is 405 g/mol. The van der Waals surface area contributed by atoms with Crippen LogP contribution in [0, 0.1) is 0 Å². The van der Waals surface area contributed by atoms with Crippen LogP contribution in [0.15, 0.2) is 46.1 Å². The molecule has 1 unspecified atom stereocenters. The second kappa shape index (κ2) is 8.38. The first-order chi connectivity index (χ1) is 12.2. The molecule has 1 aromatic heterocycles. The van der Waals surface area contributed by atoms with Gasteiger partial charge in [-0.25, -0.2) is 4.99 Å². The Morgan fingerprint density at radius 1 is 1.40 bits per heavy atom. The maximum Gasteiger partial charge on any atom is 0.191 e. The molecule has 2 N–H and O–H groups in total. The monoisotopic (exact) mass is 404 g/mol. The smallest absolute Gasteiger partial charge is 0.191 e. The van der Waals surface area contributed by atoms with Gasteiger partial charge in [-0.3, -0.25) is 4.68 Å². The van der Waals surface area contributed by atoms with E-state index in [1.807, 2.05) is 25.5 Å². The number of aliphatic imine (C=N–C) groups is 1. The molecule has 0 aliphatic carbocycles. The minimum Gasteiger partial charge on any atom is -0.368 e. The zero-order valence-corrected chi connectivity index (χ0v) is 16.3. The summed E-state index contributed by atoms with van der Waals surface area (Å²) in [5, 5.41) is 11.1. The molecule has 1 aliphatic heterocycles. The zero-order chi connectivity index (χ0) is 17.6. The molecule has 1 aromatic carbocycles. The fourth-order valence-corrected chi connectivity index (χ4v) is 3.58. The molecular formula is C18H25BrN6. The van der Waals surface area contributed by atoms with E-state index in [4.69, 9.17) is 0 Å². The van der Waals surface area contributed by atoms with Gasteiger partial charge in [0.05, 0.1) is 18.4 Å². The Bertz CT molecular complexity index is 726. The third-order valence-corrected chi connectivity index (χ3v) is 4.92. The lowest BCUT2D eigenvalue weighted by molar-refractivity contribution is 0.649. The average Bonchev–Trinajstić information content (AvgIpc) is 3.22. The highest BCUT2D eigenvalue weighted by Crippen LogP contribution is 2.28. The number of aromatic nitrogens is 2. The lowest BCUT2D eigenvalue weighted by Crippen LogP contribution is -2.44. The van der Waals surface area contributed by atoms with Crippen molar-refractivity contribution in [3.05, 3.63) is 46.7 Å². The molecule has 7 heteroatoms. The quantitative estimate of drug-likeness (QED) is 0.593. The van der Waals surface area contributed by atoms with Crippen molar-refractivity contribution in [2.24, 2.45) is 12.0 Å².